The zero-order valence-corrected chi connectivity index (χ0v) is 11.6. The van der Waals surface area contributed by atoms with Gasteiger partial charge in [-0.1, -0.05) is 45.0 Å². The minimum absolute atomic E-state index is 0.334. The highest BCUT2D eigenvalue weighted by molar-refractivity contribution is 5.92. The van der Waals surface area contributed by atoms with Crippen molar-refractivity contribution in [2.45, 2.75) is 34.1 Å². The number of nitrogens with zero attached hydrogens (tertiary/aromatic N) is 2. The molecule has 3 heteroatoms. The van der Waals surface area contributed by atoms with Crippen LogP contribution in [-0.2, 0) is 0 Å². The first-order chi connectivity index (χ1) is 8.47. The third kappa shape index (κ3) is 2.97. The van der Waals surface area contributed by atoms with Crippen LogP contribution in [0.1, 0.15) is 32.9 Å². The molecular formula is C15H21N3. The second-order valence-corrected chi connectivity index (χ2v) is 5.92. The smallest absolute Gasteiger partial charge is 0.156 e. The first-order valence-electron chi connectivity index (χ1n) is 6.43. The topological polar surface area (TPSA) is 37.8 Å². The SMILES string of the molecule is Cc1nnc(NCCC(C)(C)C)c2ccccc12. The van der Waals surface area contributed by atoms with Crippen molar-refractivity contribution >= 4 is 16.6 Å². The molecule has 0 amide bonds. The molecule has 0 atom stereocenters. The predicted octanol–water partition coefficient (Wildman–Crippen LogP) is 3.79. The lowest BCUT2D eigenvalue weighted by Crippen LogP contribution is -2.14. The van der Waals surface area contributed by atoms with Crippen molar-refractivity contribution in [2.24, 2.45) is 5.41 Å². The maximum absolute atomic E-state index is 4.26. The summed E-state index contributed by atoms with van der Waals surface area (Å²) in [6, 6.07) is 8.26. The average Bonchev–Trinajstić information content (AvgIpc) is 2.31. The molecule has 96 valence electrons. The van der Waals surface area contributed by atoms with E-state index in [1.807, 2.05) is 19.1 Å². The Kier molecular flexibility index (Phi) is 3.50. The van der Waals surface area contributed by atoms with E-state index in [1.54, 1.807) is 0 Å². The molecular weight excluding hydrogens is 222 g/mol. The number of benzene rings is 1. The van der Waals surface area contributed by atoms with E-state index in [9.17, 15) is 0 Å². The van der Waals surface area contributed by atoms with Crippen molar-refractivity contribution in [2.75, 3.05) is 11.9 Å². The van der Waals surface area contributed by atoms with Gasteiger partial charge in [0.15, 0.2) is 5.82 Å². The first-order valence-corrected chi connectivity index (χ1v) is 6.43. The van der Waals surface area contributed by atoms with Crippen LogP contribution in [0, 0.1) is 12.3 Å². The van der Waals surface area contributed by atoms with E-state index in [2.05, 4.69) is 48.4 Å². The van der Waals surface area contributed by atoms with Crippen LogP contribution in [0.4, 0.5) is 5.82 Å². The van der Waals surface area contributed by atoms with Crippen LogP contribution in [0.3, 0.4) is 0 Å². The van der Waals surface area contributed by atoms with Gasteiger partial charge in [-0.2, -0.15) is 5.10 Å². The lowest BCUT2D eigenvalue weighted by atomic mass is 9.92. The fourth-order valence-corrected chi connectivity index (χ4v) is 1.92. The molecule has 2 rings (SSSR count). The summed E-state index contributed by atoms with van der Waals surface area (Å²) in [6.07, 6.45) is 1.11. The lowest BCUT2D eigenvalue weighted by Gasteiger charge is -2.18. The molecule has 0 saturated carbocycles. The molecule has 0 aliphatic carbocycles. The minimum Gasteiger partial charge on any atom is -0.368 e. The fourth-order valence-electron chi connectivity index (χ4n) is 1.92. The van der Waals surface area contributed by atoms with E-state index in [4.69, 9.17) is 0 Å². The van der Waals surface area contributed by atoms with Gasteiger partial charge in [0.2, 0.25) is 0 Å². The summed E-state index contributed by atoms with van der Waals surface area (Å²) in [5.41, 5.74) is 1.31. The molecule has 1 heterocycles. The Hall–Kier alpha value is -1.64. The Morgan fingerprint density at radius 3 is 2.39 bits per heavy atom. The molecule has 0 aliphatic rings. The molecule has 0 fully saturated rings. The van der Waals surface area contributed by atoms with Crippen molar-refractivity contribution < 1.29 is 0 Å². The molecule has 0 spiro atoms. The lowest BCUT2D eigenvalue weighted by molar-refractivity contribution is 0.389. The van der Waals surface area contributed by atoms with Crippen molar-refractivity contribution in [1.82, 2.24) is 10.2 Å². The Labute approximate surface area is 109 Å². The zero-order valence-electron chi connectivity index (χ0n) is 11.6. The summed E-state index contributed by atoms with van der Waals surface area (Å²) in [5, 5.41) is 14.2. The second-order valence-electron chi connectivity index (χ2n) is 5.92. The van der Waals surface area contributed by atoms with Gasteiger partial charge in [0.25, 0.3) is 0 Å². The number of nitrogens with one attached hydrogen (secondary N) is 1. The molecule has 1 N–H and O–H groups in total. The second kappa shape index (κ2) is 4.92. The normalized spacial score (nSPS) is 11.8. The van der Waals surface area contributed by atoms with Crippen molar-refractivity contribution in [3.8, 4) is 0 Å². The maximum Gasteiger partial charge on any atom is 0.156 e. The highest BCUT2D eigenvalue weighted by Crippen LogP contribution is 2.23. The summed E-state index contributed by atoms with van der Waals surface area (Å²) in [4.78, 5) is 0. The van der Waals surface area contributed by atoms with Gasteiger partial charge in [0.1, 0.15) is 0 Å². The summed E-state index contributed by atoms with van der Waals surface area (Å²) >= 11 is 0. The summed E-state index contributed by atoms with van der Waals surface area (Å²) in [5.74, 6) is 0.889. The highest BCUT2D eigenvalue weighted by atomic mass is 15.2. The Morgan fingerprint density at radius 2 is 1.72 bits per heavy atom. The molecule has 18 heavy (non-hydrogen) atoms. The number of aromatic nitrogens is 2. The quantitative estimate of drug-likeness (QED) is 0.891. The van der Waals surface area contributed by atoms with Gasteiger partial charge in [-0.05, 0) is 18.8 Å². The molecule has 0 unspecified atom stereocenters. The van der Waals surface area contributed by atoms with Crippen LogP contribution in [0.5, 0.6) is 0 Å². The van der Waals surface area contributed by atoms with Crippen LogP contribution in [0.25, 0.3) is 10.8 Å². The molecule has 1 aromatic heterocycles. The van der Waals surface area contributed by atoms with Gasteiger partial charge in [-0.15, -0.1) is 5.10 Å². The minimum atomic E-state index is 0.334. The van der Waals surface area contributed by atoms with Crippen LogP contribution < -0.4 is 5.32 Å². The number of anilines is 1. The van der Waals surface area contributed by atoms with Gasteiger partial charge in [0.05, 0.1) is 5.69 Å². The van der Waals surface area contributed by atoms with Gasteiger partial charge < -0.3 is 5.32 Å². The molecule has 0 aliphatic heterocycles. The van der Waals surface area contributed by atoms with Crippen molar-refractivity contribution in [1.29, 1.82) is 0 Å². The van der Waals surface area contributed by atoms with Gasteiger partial charge in [-0.3, -0.25) is 0 Å². The molecule has 3 nitrogen and oxygen atoms in total. The van der Waals surface area contributed by atoms with Crippen LogP contribution >= 0.6 is 0 Å². The van der Waals surface area contributed by atoms with Gasteiger partial charge >= 0.3 is 0 Å². The van der Waals surface area contributed by atoms with Gasteiger partial charge in [-0.25, -0.2) is 0 Å². The first kappa shape index (κ1) is 12.8. The van der Waals surface area contributed by atoms with Crippen LogP contribution in [0.2, 0.25) is 0 Å². The zero-order chi connectivity index (χ0) is 13.2. The summed E-state index contributed by atoms with van der Waals surface area (Å²) < 4.78 is 0. The standard InChI is InChI=1S/C15H21N3/c1-11-12-7-5-6-8-13(12)14(18-17-11)16-10-9-15(2,3)4/h5-8H,9-10H2,1-4H3,(H,16,18). The Balaban J connectivity index is 2.21. The van der Waals surface area contributed by atoms with E-state index in [1.165, 1.54) is 5.39 Å². The average molecular weight is 243 g/mol. The van der Waals surface area contributed by atoms with E-state index in [0.29, 0.717) is 5.41 Å². The highest BCUT2D eigenvalue weighted by Gasteiger charge is 2.10. The van der Waals surface area contributed by atoms with Crippen LogP contribution in [-0.4, -0.2) is 16.7 Å². The van der Waals surface area contributed by atoms with Crippen LogP contribution in [0.15, 0.2) is 24.3 Å². The number of hydrogen-bond acceptors (Lipinski definition) is 3. The summed E-state index contributed by atoms with van der Waals surface area (Å²) in [7, 11) is 0. The predicted molar refractivity (Wildman–Crippen MR) is 76.8 cm³/mol. The Morgan fingerprint density at radius 1 is 1.06 bits per heavy atom. The number of hydrogen-bond donors (Lipinski definition) is 1. The van der Waals surface area contributed by atoms with E-state index in [0.717, 1.165) is 29.9 Å². The van der Waals surface area contributed by atoms with Crippen molar-refractivity contribution in [3.63, 3.8) is 0 Å². The molecule has 2 aromatic rings. The largest absolute Gasteiger partial charge is 0.368 e. The number of rotatable bonds is 3. The summed E-state index contributed by atoms with van der Waals surface area (Å²) in [6.45, 7) is 9.65. The van der Waals surface area contributed by atoms with E-state index in [-0.39, 0.29) is 0 Å². The molecule has 0 saturated heterocycles. The number of fused-ring (bicyclic) bond motifs is 1. The van der Waals surface area contributed by atoms with Gasteiger partial charge in [0, 0.05) is 17.3 Å². The maximum atomic E-state index is 4.26. The monoisotopic (exact) mass is 243 g/mol. The van der Waals surface area contributed by atoms with E-state index < -0.39 is 0 Å². The third-order valence-electron chi connectivity index (χ3n) is 3.04. The van der Waals surface area contributed by atoms with Crippen molar-refractivity contribution in [3.05, 3.63) is 30.0 Å². The molecule has 0 bridgehead atoms. The fraction of sp³-hybridized carbons (Fsp3) is 0.467. The third-order valence-corrected chi connectivity index (χ3v) is 3.04. The number of aryl methyl sites for hydroxylation is 1. The Bertz CT molecular complexity index is 541. The molecule has 0 radical (unpaired) electrons. The van der Waals surface area contributed by atoms with E-state index >= 15 is 0 Å². The molecule has 1 aromatic carbocycles.